The van der Waals surface area contributed by atoms with Crippen molar-refractivity contribution in [1.82, 2.24) is 19.9 Å². The van der Waals surface area contributed by atoms with Gasteiger partial charge in [-0.2, -0.15) is 0 Å². The van der Waals surface area contributed by atoms with Crippen molar-refractivity contribution in [3.05, 3.63) is 65.9 Å². The maximum absolute atomic E-state index is 11.3. The van der Waals surface area contributed by atoms with E-state index in [9.17, 15) is 9.90 Å². The second kappa shape index (κ2) is 7.09. The monoisotopic (exact) mass is 385 g/mol. The fraction of sp³-hybridized carbons (Fsp3) is 0.227. The lowest BCUT2D eigenvalue weighted by atomic mass is 10.1. The van der Waals surface area contributed by atoms with Gasteiger partial charge in [0, 0.05) is 41.3 Å². The summed E-state index contributed by atoms with van der Waals surface area (Å²) in [6, 6.07) is 11.3. The van der Waals surface area contributed by atoms with E-state index in [1.165, 1.54) is 0 Å². The second-order valence-corrected chi connectivity index (χ2v) is 7.29. The van der Waals surface area contributed by atoms with Gasteiger partial charge in [-0.1, -0.05) is 12.1 Å². The van der Waals surface area contributed by atoms with Crippen molar-refractivity contribution in [3.63, 3.8) is 0 Å². The van der Waals surface area contributed by atoms with E-state index in [2.05, 4.69) is 15.3 Å². The van der Waals surface area contributed by atoms with Crippen LogP contribution in [0.3, 0.4) is 0 Å². The van der Waals surface area contributed by atoms with E-state index in [4.69, 9.17) is 9.97 Å². The normalized spacial score (nSPS) is 13.7. The van der Waals surface area contributed by atoms with Crippen LogP contribution in [0.15, 0.2) is 48.8 Å². The zero-order valence-electron chi connectivity index (χ0n) is 15.7. The minimum Gasteiger partial charge on any atom is -0.478 e. The summed E-state index contributed by atoms with van der Waals surface area (Å²) in [6.45, 7) is 0. The average Bonchev–Trinajstić information content (AvgIpc) is 3.56. The largest absolute Gasteiger partial charge is 0.478 e. The van der Waals surface area contributed by atoms with E-state index >= 15 is 0 Å². The molecular formula is C22H19N5O2. The molecule has 0 unspecified atom stereocenters. The molecule has 1 saturated carbocycles. The first-order valence-corrected chi connectivity index (χ1v) is 9.66. The van der Waals surface area contributed by atoms with E-state index in [0.29, 0.717) is 23.8 Å². The molecule has 7 nitrogen and oxygen atoms in total. The third kappa shape index (κ3) is 3.59. The molecule has 4 aromatic rings. The quantitative estimate of drug-likeness (QED) is 0.489. The van der Waals surface area contributed by atoms with Gasteiger partial charge in [0.25, 0.3) is 0 Å². The highest BCUT2D eigenvalue weighted by Gasteiger charge is 2.23. The number of carbonyl (C=O) groups is 1. The number of hydrogen-bond acceptors (Lipinski definition) is 6. The van der Waals surface area contributed by atoms with Gasteiger partial charge in [-0.05, 0) is 43.5 Å². The molecule has 2 N–H and O–H groups in total. The van der Waals surface area contributed by atoms with Gasteiger partial charge < -0.3 is 10.4 Å². The molecule has 1 aliphatic carbocycles. The summed E-state index contributed by atoms with van der Waals surface area (Å²) < 4.78 is 0. The van der Waals surface area contributed by atoms with Gasteiger partial charge in [0.05, 0.1) is 11.1 Å². The van der Waals surface area contributed by atoms with Crippen LogP contribution in [0.2, 0.25) is 0 Å². The number of nitrogens with one attached hydrogen (secondary N) is 1. The maximum atomic E-state index is 11.3. The summed E-state index contributed by atoms with van der Waals surface area (Å²) in [5.74, 6) is 0.468. The molecular weight excluding hydrogens is 366 g/mol. The van der Waals surface area contributed by atoms with Gasteiger partial charge in [0.15, 0.2) is 5.82 Å². The molecule has 3 aromatic heterocycles. The van der Waals surface area contributed by atoms with Crippen molar-refractivity contribution in [3.8, 4) is 0 Å². The zero-order valence-corrected chi connectivity index (χ0v) is 15.7. The Morgan fingerprint density at radius 3 is 2.72 bits per heavy atom. The van der Waals surface area contributed by atoms with Crippen molar-refractivity contribution >= 4 is 33.6 Å². The van der Waals surface area contributed by atoms with Crippen LogP contribution in [0, 0.1) is 0 Å². The first-order valence-electron chi connectivity index (χ1n) is 9.66. The smallest absolute Gasteiger partial charge is 0.335 e. The van der Waals surface area contributed by atoms with E-state index in [1.54, 1.807) is 24.4 Å². The second-order valence-electron chi connectivity index (χ2n) is 7.29. The molecule has 0 aliphatic heterocycles. The third-order valence-electron chi connectivity index (χ3n) is 5.08. The van der Waals surface area contributed by atoms with Crippen molar-refractivity contribution in [2.75, 3.05) is 5.32 Å². The Morgan fingerprint density at radius 1 is 1.07 bits per heavy atom. The predicted octanol–water partition coefficient (Wildman–Crippen LogP) is 3.63. The Bertz CT molecular complexity index is 1220. The van der Waals surface area contributed by atoms with Crippen LogP contribution in [0.25, 0.3) is 21.8 Å². The fourth-order valence-electron chi connectivity index (χ4n) is 3.38. The summed E-state index contributed by atoms with van der Waals surface area (Å²) in [4.78, 5) is 29.8. The molecule has 29 heavy (non-hydrogen) atoms. The van der Waals surface area contributed by atoms with Gasteiger partial charge in [0.2, 0.25) is 0 Å². The molecule has 0 radical (unpaired) electrons. The molecule has 0 bridgehead atoms. The van der Waals surface area contributed by atoms with Gasteiger partial charge >= 0.3 is 5.97 Å². The SMILES string of the molecule is O=C(O)c1ccc2c(c1)nc(NC1CC1)c1nc(CCc3ccccn3)ncc12. The van der Waals surface area contributed by atoms with Crippen molar-refractivity contribution in [2.24, 2.45) is 0 Å². The van der Waals surface area contributed by atoms with Crippen LogP contribution >= 0.6 is 0 Å². The number of carboxylic acids is 1. The Morgan fingerprint density at radius 2 is 1.97 bits per heavy atom. The Kier molecular flexibility index (Phi) is 4.27. The number of aromatic nitrogens is 4. The number of carboxylic acid groups (broad SMARTS) is 1. The molecule has 7 heteroatoms. The molecule has 1 aromatic carbocycles. The van der Waals surface area contributed by atoms with Crippen LogP contribution in [-0.4, -0.2) is 37.1 Å². The summed E-state index contributed by atoms with van der Waals surface area (Å²) >= 11 is 0. The highest BCUT2D eigenvalue weighted by Crippen LogP contribution is 2.32. The Labute approximate surface area is 166 Å². The number of pyridine rings is 2. The van der Waals surface area contributed by atoms with E-state index in [0.717, 1.165) is 47.1 Å². The molecule has 144 valence electrons. The van der Waals surface area contributed by atoms with Crippen LogP contribution in [0.1, 0.15) is 34.7 Å². The molecule has 0 saturated heterocycles. The van der Waals surface area contributed by atoms with Crippen molar-refractivity contribution in [2.45, 2.75) is 31.7 Å². The van der Waals surface area contributed by atoms with Gasteiger partial charge in [-0.3, -0.25) is 4.98 Å². The third-order valence-corrected chi connectivity index (χ3v) is 5.08. The average molecular weight is 385 g/mol. The highest BCUT2D eigenvalue weighted by molar-refractivity contribution is 6.09. The first-order chi connectivity index (χ1) is 14.2. The molecule has 0 amide bonds. The number of fused-ring (bicyclic) bond motifs is 3. The van der Waals surface area contributed by atoms with Crippen LogP contribution < -0.4 is 5.32 Å². The summed E-state index contributed by atoms with van der Waals surface area (Å²) in [5, 5.41) is 14.5. The topological polar surface area (TPSA) is 101 Å². The molecule has 3 heterocycles. The number of nitrogens with zero attached hydrogens (tertiary/aromatic N) is 4. The standard InChI is InChI=1S/C22H19N5O2/c28-22(29)13-4-8-16-17-12-24-19(9-7-14-3-1-2-10-23-14)27-20(17)21(25-15-5-6-15)26-18(16)11-13/h1-4,8,10-12,15H,5-7,9H2,(H,25,26)(H,28,29). The molecule has 0 atom stereocenters. The van der Waals surface area contributed by atoms with Crippen LogP contribution in [0.5, 0.6) is 0 Å². The van der Waals surface area contributed by atoms with E-state index < -0.39 is 5.97 Å². The van der Waals surface area contributed by atoms with Gasteiger partial charge in [0.1, 0.15) is 11.3 Å². The minimum absolute atomic E-state index is 0.217. The van der Waals surface area contributed by atoms with E-state index in [-0.39, 0.29) is 5.56 Å². The number of rotatable bonds is 6. The minimum atomic E-state index is -0.966. The summed E-state index contributed by atoms with van der Waals surface area (Å²) in [5.41, 5.74) is 2.63. The van der Waals surface area contributed by atoms with Gasteiger partial charge in [-0.25, -0.2) is 19.7 Å². The lowest BCUT2D eigenvalue weighted by molar-refractivity contribution is 0.0697. The summed E-state index contributed by atoms with van der Waals surface area (Å²) in [6.07, 6.45) is 7.27. The Balaban J connectivity index is 1.58. The summed E-state index contributed by atoms with van der Waals surface area (Å²) in [7, 11) is 0. The lowest BCUT2D eigenvalue weighted by Gasteiger charge is -2.12. The predicted molar refractivity (Wildman–Crippen MR) is 110 cm³/mol. The number of anilines is 1. The number of aromatic carboxylic acids is 1. The Hall–Kier alpha value is -3.61. The molecule has 1 aliphatic rings. The fourth-order valence-corrected chi connectivity index (χ4v) is 3.38. The van der Waals surface area contributed by atoms with Crippen LogP contribution in [0.4, 0.5) is 5.82 Å². The van der Waals surface area contributed by atoms with Gasteiger partial charge in [-0.15, -0.1) is 0 Å². The van der Waals surface area contributed by atoms with Crippen molar-refractivity contribution < 1.29 is 9.90 Å². The van der Waals surface area contributed by atoms with Crippen LogP contribution in [-0.2, 0) is 12.8 Å². The molecule has 5 rings (SSSR count). The highest BCUT2D eigenvalue weighted by atomic mass is 16.4. The zero-order chi connectivity index (χ0) is 19.8. The maximum Gasteiger partial charge on any atom is 0.335 e. The number of aryl methyl sites for hydroxylation is 2. The van der Waals surface area contributed by atoms with E-state index in [1.807, 2.05) is 24.4 Å². The number of hydrogen-bond donors (Lipinski definition) is 2. The lowest BCUT2D eigenvalue weighted by Crippen LogP contribution is -2.07. The number of benzene rings is 1. The first kappa shape index (κ1) is 17.5. The van der Waals surface area contributed by atoms with Crippen molar-refractivity contribution in [1.29, 1.82) is 0 Å². The molecule has 0 spiro atoms. The molecule has 1 fully saturated rings.